The molecule has 0 aliphatic rings. The van der Waals surface area contributed by atoms with Gasteiger partial charge in [0, 0.05) is 30.3 Å². The zero-order valence-corrected chi connectivity index (χ0v) is 13.5. The summed E-state index contributed by atoms with van der Waals surface area (Å²) in [4.78, 5) is 9.91. The monoisotopic (exact) mass is 321 g/mol. The summed E-state index contributed by atoms with van der Waals surface area (Å²) in [7, 11) is 0. The number of rotatable bonds is 6. The van der Waals surface area contributed by atoms with E-state index in [4.69, 9.17) is 4.52 Å². The minimum atomic E-state index is 0.683. The molecule has 3 aromatic rings. The molecule has 0 aliphatic carbocycles. The Morgan fingerprint density at radius 1 is 1.00 bits per heavy atom. The predicted octanol–water partition coefficient (Wildman–Crippen LogP) is 2.56. The standard InChI is InChI=1S/C13H15N5OS2/c1-8-15-11(19-18-8)4-3-10-7-14-12(21-10)5-6-13-17-16-9(2)20-13/h7H,3-6H2,1-2H3. The minimum Gasteiger partial charge on any atom is -0.339 e. The SMILES string of the molecule is Cc1noc(CCc2cnc(CCc3nnc(C)s3)s2)n1. The number of aryl methyl sites for hydroxylation is 6. The molecule has 0 amide bonds. The maximum absolute atomic E-state index is 5.11. The molecule has 0 unspecified atom stereocenters. The lowest BCUT2D eigenvalue weighted by atomic mass is 10.3. The molecule has 0 aliphatic heterocycles. The van der Waals surface area contributed by atoms with Gasteiger partial charge in [-0.25, -0.2) is 4.98 Å². The van der Waals surface area contributed by atoms with E-state index in [0.29, 0.717) is 11.7 Å². The third-order valence-electron chi connectivity index (χ3n) is 2.88. The topological polar surface area (TPSA) is 77.6 Å². The van der Waals surface area contributed by atoms with Crippen molar-refractivity contribution in [3.63, 3.8) is 0 Å². The van der Waals surface area contributed by atoms with E-state index in [9.17, 15) is 0 Å². The Hall–Kier alpha value is -1.67. The highest BCUT2D eigenvalue weighted by atomic mass is 32.1. The molecule has 6 nitrogen and oxygen atoms in total. The number of hydrogen-bond donors (Lipinski definition) is 0. The van der Waals surface area contributed by atoms with E-state index in [2.05, 4.69) is 25.3 Å². The summed E-state index contributed by atoms with van der Waals surface area (Å²) in [5, 5.41) is 15.2. The highest BCUT2D eigenvalue weighted by molar-refractivity contribution is 7.11. The molecule has 21 heavy (non-hydrogen) atoms. The van der Waals surface area contributed by atoms with Gasteiger partial charge in [-0.3, -0.25) is 0 Å². The largest absolute Gasteiger partial charge is 0.339 e. The molecular formula is C13H15N5OS2. The normalized spacial score (nSPS) is 11.1. The van der Waals surface area contributed by atoms with Gasteiger partial charge < -0.3 is 4.52 Å². The molecule has 110 valence electrons. The van der Waals surface area contributed by atoms with Crippen molar-refractivity contribution in [1.29, 1.82) is 0 Å². The first-order valence-corrected chi connectivity index (χ1v) is 8.34. The number of thiazole rings is 1. The van der Waals surface area contributed by atoms with Gasteiger partial charge >= 0.3 is 0 Å². The van der Waals surface area contributed by atoms with Crippen LogP contribution in [0.2, 0.25) is 0 Å². The van der Waals surface area contributed by atoms with Crippen LogP contribution in [0.25, 0.3) is 0 Å². The molecule has 3 heterocycles. The van der Waals surface area contributed by atoms with Crippen molar-refractivity contribution in [2.24, 2.45) is 0 Å². The Labute approximate surface area is 130 Å². The van der Waals surface area contributed by atoms with Crippen LogP contribution in [0.1, 0.15) is 31.6 Å². The van der Waals surface area contributed by atoms with Crippen LogP contribution >= 0.6 is 22.7 Å². The second-order valence-electron chi connectivity index (χ2n) is 4.67. The second-order valence-corrected chi connectivity index (χ2v) is 7.14. The quantitative estimate of drug-likeness (QED) is 0.694. The molecule has 0 saturated heterocycles. The molecule has 0 N–H and O–H groups in total. The molecule has 0 radical (unpaired) electrons. The van der Waals surface area contributed by atoms with E-state index in [-0.39, 0.29) is 0 Å². The predicted molar refractivity (Wildman–Crippen MR) is 80.6 cm³/mol. The van der Waals surface area contributed by atoms with Crippen LogP contribution in [-0.4, -0.2) is 25.3 Å². The van der Waals surface area contributed by atoms with E-state index in [1.165, 1.54) is 4.88 Å². The summed E-state index contributed by atoms with van der Waals surface area (Å²) in [6, 6.07) is 0. The van der Waals surface area contributed by atoms with Gasteiger partial charge in [0.2, 0.25) is 5.89 Å². The Morgan fingerprint density at radius 2 is 1.86 bits per heavy atom. The van der Waals surface area contributed by atoms with Crippen molar-refractivity contribution < 1.29 is 4.52 Å². The van der Waals surface area contributed by atoms with Gasteiger partial charge in [-0.2, -0.15) is 4.98 Å². The van der Waals surface area contributed by atoms with Gasteiger partial charge in [-0.15, -0.1) is 32.9 Å². The molecular weight excluding hydrogens is 306 g/mol. The third kappa shape index (κ3) is 3.92. The first-order valence-electron chi connectivity index (χ1n) is 6.71. The first-order chi connectivity index (χ1) is 10.2. The maximum Gasteiger partial charge on any atom is 0.226 e. The van der Waals surface area contributed by atoms with Crippen molar-refractivity contribution in [1.82, 2.24) is 25.3 Å². The molecule has 0 spiro atoms. The van der Waals surface area contributed by atoms with Crippen LogP contribution in [0.4, 0.5) is 0 Å². The van der Waals surface area contributed by atoms with Gasteiger partial charge in [-0.05, 0) is 20.3 Å². The zero-order valence-electron chi connectivity index (χ0n) is 11.9. The molecule has 0 fully saturated rings. The van der Waals surface area contributed by atoms with Crippen LogP contribution in [0.3, 0.4) is 0 Å². The van der Waals surface area contributed by atoms with Crippen LogP contribution in [0.5, 0.6) is 0 Å². The van der Waals surface area contributed by atoms with Gasteiger partial charge in [-0.1, -0.05) is 5.16 Å². The van der Waals surface area contributed by atoms with Gasteiger partial charge in [0.1, 0.15) is 10.0 Å². The highest BCUT2D eigenvalue weighted by Gasteiger charge is 2.08. The fourth-order valence-electron chi connectivity index (χ4n) is 1.90. The lowest BCUT2D eigenvalue weighted by molar-refractivity contribution is 0.375. The van der Waals surface area contributed by atoms with Crippen molar-refractivity contribution in [2.75, 3.05) is 0 Å². The molecule has 0 bridgehead atoms. The molecule has 8 heteroatoms. The smallest absolute Gasteiger partial charge is 0.226 e. The third-order valence-corrected chi connectivity index (χ3v) is 4.89. The van der Waals surface area contributed by atoms with Gasteiger partial charge in [0.25, 0.3) is 0 Å². The Bertz CT molecular complexity index is 659. The maximum atomic E-state index is 5.11. The summed E-state index contributed by atoms with van der Waals surface area (Å²) in [6.45, 7) is 3.80. The Balaban J connectivity index is 1.51. The van der Waals surface area contributed by atoms with Crippen LogP contribution in [0, 0.1) is 13.8 Å². The zero-order chi connectivity index (χ0) is 14.7. The van der Waals surface area contributed by atoms with Crippen LogP contribution in [0.15, 0.2) is 10.7 Å². The summed E-state index contributed by atoms with van der Waals surface area (Å²) < 4.78 is 5.11. The first kappa shape index (κ1) is 14.3. The van der Waals surface area contributed by atoms with Crippen molar-refractivity contribution in [2.45, 2.75) is 39.5 Å². The Kier molecular flexibility index (Phi) is 4.35. The van der Waals surface area contributed by atoms with E-state index < -0.39 is 0 Å². The summed E-state index contributed by atoms with van der Waals surface area (Å²) in [5.74, 6) is 1.37. The summed E-state index contributed by atoms with van der Waals surface area (Å²) in [5.41, 5.74) is 0. The van der Waals surface area contributed by atoms with Gasteiger partial charge in [0.15, 0.2) is 5.82 Å². The summed E-state index contributed by atoms with van der Waals surface area (Å²) >= 11 is 3.39. The van der Waals surface area contributed by atoms with E-state index in [0.717, 1.165) is 40.7 Å². The molecule has 0 atom stereocenters. The molecule has 0 aromatic carbocycles. The van der Waals surface area contributed by atoms with E-state index in [1.54, 1.807) is 22.7 Å². The number of aromatic nitrogens is 5. The molecule has 0 saturated carbocycles. The van der Waals surface area contributed by atoms with Crippen molar-refractivity contribution in [3.05, 3.63) is 37.8 Å². The summed E-state index contributed by atoms with van der Waals surface area (Å²) in [6.07, 6.45) is 5.41. The van der Waals surface area contributed by atoms with E-state index >= 15 is 0 Å². The van der Waals surface area contributed by atoms with Crippen molar-refractivity contribution >= 4 is 22.7 Å². The van der Waals surface area contributed by atoms with Crippen LogP contribution < -0.4 is 0 Å². The second kappa shape index (κ2) is 6.40. The molecule has 3 aromatic heterocycles. The van der Waals surface area contributed by atoms with Crippen molar-refractivity contribution in [3.8, 4) is 0 Å². The van der Waals surface area contributed by atoms with Gasteiger partial charge in [0.05, 0.1) is 5.01 Å². The fourth-order valence-corrected chi connectivity index (χ4v) is 3.53. The van der Waals surface area contributed by atoms with Crippen LogP contribution in [-0.2, 0) is 25.7 Å². The lowest BCUT2D eigenvalue weighted by Crippen LogP contribution is -1.89. The number of hydrogen-bond acceptors (Lipinski definition) is 8. The fraction of sp³-hybridized carbons (Fsp3) is 0.462. The average Bonchev–Trinajstić information content (AvgIpc) is 3.16. The molecule has 3 rings (SSSR count). The Morgan fingerprint density at radius 3 is 2.57 bits per heavy atom. The lowest BCUT2D eigenvalue weighted by Gasteiger charge is -1.92. The highest BCUT2D eigenvalue weighted by Crippen LogP contribution is 2.18. The van der Waals surface area contributed by atoms with E-state index in [1.807, 2.05) is 20.0 Å². The minimum absolute atomic E-state index is 0.683. The number of nitrogens with zero attached hydrogens (tertiary/aromatic N) is 5. The average molecular weight is 321 g/mol.